The van der Waals surface area contributed by atoms with E-state index in [2.05, 4.69) is 4.99 Å². The van der Waals surface area contributed by atoms with Crippen LogP contribution in [-0.2, 0) is 9.53 Å². The van der Waals surface area contributed by atoms with E-state index in [9.17, 15) is 14.0 Å². The quantitative estimate of drug-likeness (QED) is 0.325. The molecule has 0 bridgehead atoms. The number of fused-ring (bicyclic) bond motifs is 1. The summed E-state index contributed by atoms with van der Waals surface area (Å²) in [6, 6.07) is 16.0. The smallest absolute Gasteiger partial charge is 0.338 e. The number of ether oxygens (including phenoxy) is 2. The van der Waals surface area contributed by atoms with Crippen LogP contribution in [0.25, 0.3) is 17.4 Å². The number of hydrogen-bond acceptors (Lipinski definition) is 7. The molecule has 1 aliphatic rings. The zero-order chi connectivity index (χ0) is 26.8. The lowest BCUT2D eigenvalue weighted by molar-refractivity contribution is -0.139. The molecule has 4 aromatic rings. The fourth-order valence-electron chi connectivity index (χ4n) is 4.41. The summed E-state index contributed by atoms with van der Waals surface area (Å²) in [5, 5.41) is 0. The highest BCUT2D eigenvalue weighted by atomic mass is 32.1. The number of benzene rings is 2. The van der Waals surface area contributed by atoms with Crippen LogP contribution < -0.4 is 19.6 Å². The number of para-hydroxylation sites is 1. The second kappa shape index (κ2) is 10.6. The molecule has 7 nitrogen and oxygen atoms in total. The fourth-order valence-corrected chi connectivity index (χ4v) is 5.43. The third-order valence-electron chi connectivity index (χ3n) is 6.06. The third-order valence-corrected chi connectivity index (χ3v) is 7.04. The second-order valence-electron chi connectivity index (χ2n) is 8.48. The number of rotatable bonds is 7. The number of halogens is 1. The number of thiazole rings is 1. The molecule has 0 N–H and O–H groups in total. The van der Waals surface area contributed by atoms with Gasteiger partial charge in [-0.3, -0.25) is 9.36 Å². The molecule has 2 aromatic carbocycles. The van der Waals surface area contributed by atoms with Gasteiger partial charge in [-0.1, -0.05) is 29.5 Å². The summed E-state index contributed by atoms with van der Waals surface area (Å²) in [4.78, 5) is 32.0. The van der Waals surface area contributed by atoms with Crippen molar-refractivity contribution in [2.45, 2.75) is 26.8 Å². The van der Waals surface area contributed by atoms with E-state index in [1.165, 1.54) is 28.0 Å². The summed E-state index contributed by atoms with van der Waals surface area (Å²) in [6.45, 7) is 5.95. The molecule has 1 atom stereocenters. The minimum absolute atomic E-state index is 0.189. The van der Waals surface area contributed by atoms with Crippen molar-refractivity contribution in [3.8, 4) is 17.1 Å². The fraction of sp³-hybridized carbons (Fsp3) is 0.207. The van der Waals surface area contributed by atoms with Gasteiger partial charge in [-0.2, -0.15) is 0 Å². The first-order valence-corrected chi connectivity index (χ1v) is 13.0. The first-order chi connectivity index (χ1) is 18.4. The molecule has 0 saturated heterocycles. The maximum atomic E-state index is 13.8. The molecule has 0 fully saturated rings. The van der Waals surface area contributed by atoms with Gasteiger partial charge in [-0.15, -0.1) is 0 Å². The van der Waals surface area contributed by atoms with Gasteiger partial charge in [0.1, 0.15) is 29.1 Å². The Balaban J connectivity index is 1.66. The molecular weight excluding hydrogens is 507 g/mol. The average molecular weight is 533 g/mol. The summed E-state index contributed by atoms with van der Waals surface area (Å²) >= 11 is 1.20. The average Bonchev–Trinajstić information content (AvgIpc) is 3.49. The number of esters is 1. The van der Waals surface area contributed by atoms with Crippen LogP contribution in [0.3, 0.4) is 0 Å². The SMILES string of the molecule is CCOC(=O)C1=C(C)N=c2s/c(=C\c3ccc(-c4ccc(F)cc4)o3)c(=O)n2[C@@H]1c1ccccc1OCC. The molecule has 0 unspecified atom stereocenters. The predicted octanol–water partition coefficient (Wildman–Crippen LogP) is 4.60. The van der Waals surface area contributed by atoms with Crippen LogP contribution in [0.5, 0.6) is 5.75 Å². The van der Waals surface area contributed by atoms with Crippen molar-refractivity contribution in [2.24, 2.45) is 4.99 Å². The Morgan fingerprint density at radius 1 is 1.11 bits per heavy atom. The van der Waals surface area contributed by atoms with Crippen molar-refractivity contribution in [1.82, 2.24) is 4.57 Å². The monoisotopic (exact) mass is 532 g/mol. The van der Waals surface area contributed by atoms with E-state index < -0.39 is 12.0 Å². The van der Waals surface area contributed by atoms with Gasteiger partial charge in [0.05, 0.1) is 29.0 Å². The van der Waals surface area contributed by atoms with E-state index in [4.69, 9.17) is 13.9 Å². The van der Waals surface area contributed by atoms with Crippen LogP contribution >= 0.6 is 11.3 Å². The van der Waals surface area contributed by atoms with Crippen molar-refractivity contribution in [2.75, 3.05) is 13.2 Å². The molecule has 194 valence electrons. The van der Waals surface area contributed by atoms with E-state index in [1.54, 1.807) is 44.2 Å². The van der Waals surface area contributed by atoms with Crippen LogP contribution in [-0.4, -0.2) is 23.8 Å². The number of carbonyl (C=O) groups excluding carboxylic acids is 1. The highest BCUT2D eigenvalue weighted by Crippen LogP contribution is 2.35. The standard InChI is InChI=1S/C29H25FN2O5S/c1-4-35-23-9-7-6-8-21(23)26-25(28(34)36-5-2)17(3)31-29-32(26)27(33)24(38-29)16-20-14-15-22(37-20)18-10-12-19(30)13-11-18/h6-16,26H,4-5H2,1-3H3/b24-16-/t26-/m1/s1. The Hall–Kier alpha value is -4.24. The molecule has 0 spiro atoms. The van der Waals surface area contributed by atoms with Crippen LogP contribution in [0.1, 0.15) is 38.1 Å². The minimum atomic E-state index is -0.776. The van der Waals surface area contributed by atoms with E-state index in [0.29, 0.717) is 44.5 Å². The van der Waals surface area contributed by atoms with Gasteiger partial charge >= 0.3 is 5.97 Å². The molecule has 0 radical (unpaired) electrons. The molecule has 38 heavy (non-hydrogen) atoms. The zero-order valence-electron chi connectivity index (χ0n) is 21.1. The van der Waals surface area contributed by atoms with E-state index in [1.807, 2.05) is 31.2 Å². The van der Waals surface area contributed by atoms with Gasteiger partial charge in [-0.05, 0) is 63.2 Å². The second-order valence-corrected chi connectivity index (χ2v) is 9.49. The molecule has 3 heterocycles. The van der Waals surface area contributed by atoms with Crippen molar-refractivity contribution in [3.63, 3.8) is 0 Å². The summed E-state index contributed by atoms with van der Waals surface area (Å²) in [7, 11) is 0. The molecule has 2 aromatic heterocycles. The van der Waals surface area contributed by atoms with Gasteiger partial charge in [0.25, 0.3) is 5.56 Å². The maximum Gasteiger partial charge on any atom is 0.338 e. The van der Waals surface area contributed by atoms with Gasteiger partial charge in [0.2, 0.25) is 0 Å². The highest BCUT2D eigenvalue weighted by Gasteiger charge is 2.35. The largest absolute Gasteiger partial charge is 0.494 e. The first-order valence-electron chi connectivity index (χ1n) is 12.2. The molecule has 5 rings (SSSR count). The number of furan rings is 1. The number of hydrogen-bond donors (Lipinski definition) is 0. The van der Waals surface area contributed by atoms with Crippen LogP contribution in [0, 0.1) is 5.82 Å². The number of carbonyl (C=O) groups is 1. The zero-order valence-corrected chi connectivity index (χ0v) is 21.9. The lowest BCUT2D eigenvalue weighted by Crippen LogP contribution is -2.40. The van der Waals surface area contributed by atoms with E-state index in [-0.39, 0.29) is 23.6 Å². The van der Waals surface area contributed by atoms with Crippen molar-refractivity contribution >= 4 is 23.4 Å². The minimum Gasteiger partial charge on any atom is -0.494 e. The van der Waals surface area contributed by atoms with Crippen molar-refractivity contribution in [1.29, 1.82) is 0 Å². The molecule has 0 amide bonds. The van der Waals surface area contributed by atoms with Gasteiger partial charge in [0.15, 0.2) is 4.80 Å². The van der Waals surface area contributed by atoms with Crippen LogP contribution in [0.2, 0.25) is 0 Å². The molecular formula is C29H25FN2O5S. The molecule has 9 heteroatoms. The molecule has 0 aliphatic carbocycles. The van der Waals surface area contributed by atoms with Crippen molar-refractivity contribution < 1.29 is 23.1 Å². The number of nitrogens with zero attached hydrogens (tertiary/aromatic N) is 2. The Morgan fingerprint density at radius 3 is 2.61 bits per heavy atom. The summed E-state index contributed by atoms with van der Waals surface area (Å²) in [5.74, 6) is 0.713. The lowest BCUT2D eigenvalue weighted by Gasteiger charge is -2.26. The van der Waals surface area contributed by atoms with Gasteiger partial charge in [-0.25, -0.2) is 14.2 Å². The van der Waals surface area contributed by atoms with Crippen LogP contribution in [0.4, 0.5) is 4.39 Å². The Morgan fingerprint density at radius 2 is 1.87 bits per heavy atom. The summed E-state index contributed by atoms with van der Waals surface area (Å²) in [5.41, 5.74) is 1.82. The normalized spacial score (nSPS) is 15.3. The maximum absolute atomic E-state index is 13.8. The molecule has 0 saturated carbocycles. The molecule has 1 aliphatic heterocycles. The lowest BCUT2D eigenvalue weighted by atomic mass is 9.95. The van der Waals surface area contributed by atoms with E-state index >= 15 is 0 Å². The third kappa shape index (κ3) is 4.72. The summed E-state index contributed by atoms with van der Waals surface area (Å²) < 4.78 is 32.3. The Kier molecular flexibility index (Phi) is 7.11. The van der Waals surface area contributed by atoms with Gasteiger partial charge < -0.3 is 13.9 Å². The Labute approximate surface area is 221 Å². The Bertz CT molecular complexity index is 1710. The van der Waals surface area contributed by atoms with Crippen molar-refractivity contribution in [3.05, 3.63) is 109 Å². The topological polar surface area (TPSA) is 83.0 Å². The first kappa shape index (κ1) is 25.4. The van der Waals surface area contributed by atoms with Crippen LogP contribution in [0.15, 0.2) is 86.1 Å². The summed E-state index contributed by atoms with van der Waals surface area (Å²) in [6.07, 6.45) is 1.64. The van der Waals surface area contributed by atoms with E-state index in [0.717, 1.165) is 5.56 Å². The highest BCUT2D eigenvalue weighted by molar-refractivity contribution is 7.07. The predicted molar refractivity (Wildman–Crippen MR) is 142 cm³/mol. The van der Waals surface area contributed by atoms with Gasteiger partial charge in [0, 0.05) is 17.2 Å². The number of allylic oxidation sites excluding steroid dienone is 1. The number of aromatic nitrogens is 1.